The summed E-state index contributed by atoms with van der Waals surface area (Å²) in [6, 6.07) is 10.4. The maximum Gasteiger partial charge on any atom is 0.231 e. The number of hydrogen-bond acceptors (Lipinski definition) is 4. The topological polar surface area (TPSA) is 38.8 Å². The van der Waals surface area contributed by atoms with Gasteiger partial charge in [0.1, 0.15) is 18.2 Å². The average molecular weight is 412 g/mol. The van der Waals surface area contributed by atoms with Crippen LogP contribution in [-0.4, -0.2) is 23.5 Å². The summed E-state index contributed by atoms with van der Waals surface area (Å²) in [7, 11) is 0. The van der Waals surface area contributed by atoms with E-state index in [1.54, 1.807) is 6.08 Å². The summed E-state index contributed by atoms with van der Waals surface area (Å²) in [5, 5.41) is 0. The van der Waals surface area contributed by atoms with Gasteiger partial charge in [-0.15, -0.1) is 0 Å². The highest BCUT2D eigenvalue weighted by Crippen LogP contribution is 2.44. The van der Waals surface area contributed by atoms with Gasteiger partial charge in [-0.1, -0.05) is 28.1 Å². The molecular formula is C21H18BrNO3. The Kier molecular flexibility index (Phi) is 3.69. The maximum absolute atomic E-state index is 12.9. The summed E-state index contributed by atoms with van der Waals surface area (Å²) in [6.07, 6.45) is 4.28. The van der Waals surface area contributed by atoms with Crippen LogP contribution >= 0.6 is 15.9 Å². The predicted molar refractivity (Wildman–Crippen MR) is 102 cm³/mol. The Labute approximate surface area is 160 Å². The molecule has 5 rings (SSSR count). The standard InChI is InChI=1S/C21H18BrNO3/c1-12-20-14(10-23(11-25-20)16-5-6-16)9-17-19(24)18(26-21(12)17)8-13-3-2-4-15(22)7-13/h2-4,7-9,16H,5-6,10-11H2,1H3/b18-8-. The minimum atomic E-state index is -0.0607. The van der Waals surface area contributed by atoms with E-state index in [0.717, 1.165) is 33.5 Å². The van der Waals surface area contributed by atoms with Crippen molar-refractivity contribution in [3.05, 3.63) is 62.8 Å². The number of carbonyl (C=O) groups excluding carboxylic acids is 1. The second kappa shape index (κ2) is 5.96. The smallest absolute Gasteiger partial charge is 0.231 e. The van der Waals surface area contributed by atoms with Crippen molar-refractivity contribution in [3.63, 3.8) is 0 Å². The zero-order valence-corrected chi connectivity index (χ0v) is 16.0. The van der Waals surface area contributed by atoms with Gasteiger partial charge in [0, 0.05) is 28.2 Å². The van der Waals surface area contributed by atoms with Crippen LogP contribution in [0.25, 0.3) is 6.08 Å². The number of hydrogen-bond donors (Lipinski definition) is 0. The molecular weight excluding hydrogens is 394 g/mol. The second-order valence-electron chi connectivity index (χ2n) is 7.11. The number of Topliss-reactive ketones (excluding diaryl/α,β-unsaturated/α-hetero) is 1. The molecule has 0 amide bonds. The van der Waals surface area contributed by atoms with Crippen LogP contribution in [0.1, 0.15) is 39.9 Å². The first-order valence-electron chi connectivity index (χ1n) is 8.83. The lowest BCUT2D eigenvalue weighted by atomic mass is 10.00. The first-order valence-corrected chi connectivity index (χ1v) is 9.62. The molecule has 2 heterocycles. The molecule has 0 saturated heterocycles. The van der Waals surface area contributed by atoms with E-state index in [1.165, 1.54) is 12.8 Å². The normalized spacial score (nSPS) is 20.5. The molecule has 0 unspecified atom stereocenters. The van der Waals surface area contributed by atoms with Gasteiger partial charge in [-0.25, -0.2) is 0 Å². The van der Waals surface area contributed by atoms with Crippen molar-refractivity contribution in [2.45, 2.75) is 32.4 Å². The molecule has 5 heteroatoms. The number of ether oxygens (including phenoxy) is 2. The van der Waals surface area contributed by atoms with Gasteiger partial charge in [0.05, 0.1) is 5.56 Å². The molecule has 0 bridgehead atoms. The highest BCUT2D eigenvalue weighted by molar-refractivity contribution is 9.10. The third-order valence-corrected chi connectivity index (χ3v) is 5.67. The van der Waals surface area contributed by atoms with Gasteiger partial charge in [-0.3, -0.25) is 9.69 Å². The minimum Gasteiger partial charge on any atom is -0.477 e. The summed E-state index contributed by atoms with van der Waals surface area (Å²) in [5.74, 6) is 1.81. The van der Waals surface area contributed by atoms with Crippen LogP contribution in [0.15, 0.2) is 40.6 Å². The fourth-order valence-electron chi connectivity index (χ4n) is 3.69. The molecule has 0 radical (unpaired) electrons. The van der Waals surface area contributed by atoms with Crippen molar-refractivity contribution in [3.8, 4) is 11.5 Å². The van der Waals surface area contributed by atoms with E-state index in [2.05, 4.69) is 20.8 Å². The molecule has 1 saturated carbocycles. The quantitative estimate of drug-likeness (QED) is 0.671. The van der Waals surface area contributed by atoms with E-state index < -0.39 is 0 Å². The SMILES string of the molecule is Cc1c2c(cc3c1O/C(=C\c1cccc(Br)c1)C3=O)CN(C1CC1)CO2. The summed E-state index contributed by atoms with van der Waals surface area (Å²) >= 11 is 3.46. The van der Waals surface area contributed by atoms with Crippen LogP contribution in [0.3, 0.4) is 0 Å². The number of benzene rings is 2. The number of carbonyl (C=O) groups is 1. The van der Waals surface area contributed by atoms with Crippen molar-refractivity contribution in [2.24, 2.45) is 0 Å². The molecule has 0 aromatic heterocycles. The van der Waals surface area contributed by atoms with Gasteiger partial charge in [-0.2, -0.15) is 0 Å². The highest BCUT2D eigenvalue weighted by atomic mass is 79.9. The lowest BCUT2D eigenvalue weighted by Gasteiger charge is -2.30. The van der Waals surface area contributed by atoms with E-state index in [4.69, 9.17) is 9.47 Å². The Hall–Kier alpha value is -2.11. The Bertz CT molecular complexity index is 962. The lowest BCUT2D eigenvalue weighted by molar-refractivity contribution is 0.0872. The maximum atomic E-state index is 12.9. The van der Waals surface area contributed by atoms with Crippen LogP contribution in [0.5, 0.6) is 11.5 Å². The molecule has 0 N–H and O–H groups in total. The monoisotopic (exact) mass is 411 g/mol. The molecule has 4 nitrogen and oxygen atoms in total. The van der Waals surface area contributed by atoms with Gasteiger partial charge in [0.15, 0.2) is 5.76 Å². The second-order valence-corrected chi connectivity index (χ2v) is 8.03. The van der Waals surface area contributed by atoms with Crippen LogP contribution in [-0.2, 0) is 6.54 Å². The number of rotatable bonds is 2. The largest absolute Gasteiger partial charge is 0.477 e. The fraction of sp³-hybridized carbons (Fsp3) is 0.286. The van der Waals surface area contributed by atoms with Crippen LogP contribution in [0.2, 0.25) is 0 Å². The average Bonchev–Trinajstić information content (AvgIpc) is 3.43. The number of allylic oxidation sites excluding steroid dienone is 1. The predicted octanol–water partition coefficient (Wildman–Crippen LogP) is 4.69. The van der Waals surface area contributed by atoms with E-state index in [-0.39, 0.29) is 5.78 Å². The van der Waals surface area contributed by atoms with Gasteiger partial charge in [0.25, 0.3) is 0 Å². The van der Waals surface area contributed by atoms with Crippen LogP contribution in [0.4, 0.5) is 0 Å². The van der Waals surface area contributed by atoms with Gasteiger partial charge in [-0.05, 0) is 49.6 Å². The lowest BCUT2D eigenvalue weighted by Crippen LogP contribution is -2.34. The molecule has 3 aliphatic rings. The Morgan fingerprint density at radius 1 is 1.23 bits per heavy atom. The van der Waals surface area contributed by atoms with Crippen LogP contribution in [0, 0.1) is 6.92 Å². The van der Waals surface area contributed by atoms with E-state index in [0.29, 0.717) is 29.8 Å². The third kappa shape index (κ3) is 2.66. The van der Waals surface area contributed by atoms with E-state index >= 15 is 0 Å². The molecule has 132 valence electrons. The molecule has 2 aromatic rings. The number of fused-ring (bicyclic) bond motifs is 2. The molecule has 0 spiro atoms. The van der Waals surface area contributed by atoms with Gasteiger partial charge < -0.3 is 9.47 Å². The van der Waals surface area contributed by atoms with Crippen molar-refractivity contribution >= 4 is 27.8 Å². The Morgan fingerprint density at radius 3 is 2.85 bits per heavy atom. The van der Waals surface area contributed by atoms with E-state index in [9.17, 15) is 4.79 Å². The minimum absolute atomic E-state index is 0.0607. The molecule has 26 heavy (non-hydrogen) atoms. The number of halogens is 1. The summed E-state index contributed by atoms with van der Waals surface area (Å²) in [4.78, 5) is 15.2. The molecule has 0 atom stereocenters. The molecule has 1 fully saturated rings. The number of ketones is 1. The zero-order chi connectivity index (χ0) is 17.8. The van der Waals surface area contributed by atoms with Crippen molar-refractivity contribution in [1.82, 2.24) is 4.90 Å². The first-order chi connectivity index (χ1) is 12.6. The molecule has 1 aliphatic carbocycles. The third-order valence-electron chi connectivity index (χ3n) is 5.17. The van der Waals surface area contributed by atoms with Gasteiger partial charge >= 0.3 is 0 Å². The number of nitrogens with zero attached hydrogens (tertiary/aromatic N) is 1. The van der Waals surface area contributed by atoms with Crippen molar-refractivity contribution in [1.29, 1.82) is 0 Å². The Morgan fingerprint density at radius 2 is 2.08 bits per heavy atom. The van der Waals surface area contributed by atoms with Crippen molar-refractivity contribution < 1.29 is 14.3 Å². The van der Waals surface area contributed by atoms with E-state index in [1.807, 2.05) is 37.3 Å². The molecule has 2 aliphatic heterocycles. The fourth-order valence-corrected chi connectivity index (χ4v) is 4.10. The zero-order valence-electron chi connectivity index (χ0n) is 14.4. The summed E-state index contributed by atoms with van der Waals surface area (Å²) < 4.78 is 12.9. The first kappa shape index (κ1) is 16.1. The summed E-state index contributed by atoms with van der Waals surface area (Å²) in [6.45, 7) is 3.43. The van der Waals surface area contributed by atoms with Gasteiger partial charge in [0.2, 0.25) is 5.78 Å². The van der Waals surface area contributed by atoms with Crippen LogP contribution < -0.4 is 9.47 Å². The summed E-state index contributed by atoms with van der Waals surface area (Å²) in [5.41, 5.74) is 3.57. The Balaban J connectivity index is 1.52. The molecule has 2 aromatic carbocycles. The highest BCUT2D eigenvalue weighted by Gasteiger charge is 2.36. The van der Waals surface area contributed by atoms with Crippen molar-refractivity contribution in [2.75, 3.05) is 6.73 Å².